The highest BCUT2D eigenvalue weighted by molar-refractivity contribution is 5.94. The van der Waals surface area contributed by atoms with Gasteiger partial charge in [0.2, 0.25) is 0 Å². The molecule has 0 aromatic heterocycles. The first kappa shape index (κ1) is 15.0. The summed E-state index contributed by atoms with van der Waals surface area (Å²) in [6.45, 7) is 2.56. The summed E-state index contributed by atoms with van der Waals surface area (Å²) in [5.74, 6) is -2.02. The average molecular weight is 290 g/mol. The Morgan fingerprint density at radius 2 is 1.81 bits per heavy atom. The number of rotatable bonds is 4. The third-order valence-electron chi connectivity index (χ3n) is 3.18. The SMILES string of the molecule is CCN(Cc1ccc(N)cc1)C(=O)c1ccc(F)cc1F. The zero-order valence-corrected chi connectivity index (χ0v) is 11.6. The minimum atomic E-state index is -0.851. The van der Waals surface area contributed by atoms with Crippen LogP contribution in [0.1, 0.15) is 22.8 Å². The molecule has 2 aromatic rings. The molecule has 5 heteroatoms. The summed E-state index contributed by atoms with van der Waals surface area (Å²) in [5, 5.41) is 0. The third-order valence-corrected chi connectivity index (χ3v) is 3.18. The largest absolute Gasteiger partial charge is 0.399 e. The van der Waals surface area contributed by atoms with Gasteiger partial charge in [-0.05, 0) is 36.8 Å². The van der Waals surface area contributed by atoms with E-state index in [1.165, 1.54) is 11.0 Å². The van der Waals surface area contributed by atoms with Gasteiger partial charge in [-0.15, -0.1) is 0 Å². The van der Waals surface area contributed by atoms with Crippen LogP contribution in [0.5, 0.6) is 0 Å². The number of amides is 1. The standard InChI is InChI=1S/C16H16F2N2O/c1-2-20(10-11-3-6-13(19)7-4-11)16(21)14-8-5-12(17)9-15(14)18/h3-9H,2,10,19H2,1H3. The number of carbonyl (C=O) groups excluding carboxylic acids is 1. The molecule has 0 unspecified atom stereocenters. The molecule has 2 rings (SSSR count). The van der Waals surface area contributed by atoms with Crippen LogP contribution < -0.4 is 5.73 Å². The summed E-state index contributed by atoms with van der Waals surface area (Å²) >= 11 is 0. The van der Waals surface area contributed by atoms with Crippen molar-refractivity contribution in [2.75, 3.05) is 12.3 Å². The normalized spacial score (nSPS) is 10.4. The smallest absolute Gasteiger partial charge is 0.257 e. The molecular formula is C16H16F2N2O. The zero-order valence-electron chi connectivity index (χ0n) is 11.6. The first-order valence-corrected chi connectivity index (χ1v) is 6.60. The highest BCUT2D eigenvalue weighted by atomic mass is 19.1. The Balaban J connectivity index is 2.20. The van der Waals surface area contributed by atoms with Gasteiger partial charge in [-0.25, -0.2) is 8.78 Å². The number of nitrogen functional groups attached to an aromatic ring is 1. The lowest BCUT2D eigenvalue weighted by Crippen LogP contribution is -2.31. The van der Waals surface area contributed by atoms with E-state index in [9.17, 15) is 13.6 Å². The van der Waals surface area contributed by atoms with Crippen LogP contribution in [0.4, 0.5) is 14.5 Å². The second-order valence-electron chi connectivity index (χ2n) is 4.69. The Morgan fingerprint density at radius 3 is 2.38 bits per heavy atom. The van der Waals surface area contributed by atoms with E-state index in [2.05, 4.69) is 0 Å². The molecule has 0 saturated heterocycles. The van der Waals surface area contributed by atoms with E-state index in [0.29, 0.717) is 24.8 Å². The Labute approximate surface area is 122 Å². The van der Waals surface area contributed by atoms with Gasteiger partial charge in [0.1, 0.15) is 11.6 Å². The lowest BCUT2D eigenvalue weighted by molar-refractivity contribution is 0.0748. The predicted molar refractivity (Wildman–Crippen MR) is 77.6 cm³/mol. The molecule has 0 bridgehead atoms. The van der Waals surface area contributed by atoms with Crippen molar-refractivity contribution < 1.29 is 13.6 Å². The van der Waals surface area contributed by atoms with Gasteiger partial charge < -0.3 is 10.6 Å². The fourth-order valence-electron chi connectivity index (χ4n) is 2.00. The van der Waals surface area contributed by atoms with Gasteiger partial charge in [-0.1, -0.05) is 12.1 Å². The molecule has 0 aliphatic carbocycles. The number of hydrogen-bond acceptors (Lipinski definition) is 2. The van der Waals surface area contributed by atoms with Crippen molar-refractivity contribution in [2.24, 2.45) is 0 Å². The van der Waals surface area contributed by atoms with Crippen LogP contribution in [0.2, 0.25) is 0 Å². The quantitative estimate of drug-likeness (QED) is 0.879. The monoisotopic (exact) mass is 290 g/mol. The van der Waals surface area contributed by atoms with Gasteiger partial charge in [0.05, 0.1) is 5.56 Å². The van der Waals surface area contributed by atoms with Crippen molar-refractivity contribution in [1.29, 1.82) is 0 Å². The summed E-state index contributed by atoms with van der Waals surface area (Å²) in [7, 11) is 0. The van der Waals surface area contributed by atoms with Crippen LogP contribution >= 0.6 is 0 Å². The molecule has 0 heterocycles. The molecule has 0 saturated carbocycles. The van der Waals surface area contributed by atoms with E-state index in [1.807, 2.05) is 12.1 Å². The molecule has 0 atom stereocenters. The highest BCUT2D eigenvalue weighted by Crippen LogP contribution is 2.15. The second-order valence-corrected chi connectivity index (χ2v) is 4.69. The van der Waals surface area contributed by atoms with E-state index in [4.69, 9.17) is 5.73 Å². The van der Waals surface area contributed by atoms with Gasteiger partial charge in [0.15, 0.2) is 0 Å². The maximum Gasteiger partial charge on any atom is 0.257 e. The van der Waals surface area contributed by atoms with E-state index >= 15 is 0 Å². The van der Waals surface area contributed by atoms with Crippen molar-refractivity contribution in [1.82, 2.24) is 4.90 Å². The van der Waals surface area contributed by atoms with Crippen LogP contribution in [0.15, 0.2) is 42.5 Å². The Morgan fingerprint density at radius 1 is 1.14 bits per heavy atom. The van der Waals surface area contributed by atoms with Crippen LogP contribution in [0.3, 0.4) is 0 Å². The van der Waals surface area contributed by atoms with Crippen LogP contribution in [-0.4, -0.2) is 17.4 Å². The molecule has 110 valence electrons. The number of anilines is 1. The van der Waals surface area contributed by atoms with Crippen LogP contribution in [0, 0.1) is 11.6 Å². The number of halogens is 2. The molecule has 2 N–H and O–H groups in total. The van der Waals surface area contributed by atoms with Gasteiger partial charge in [0, 0.05) is 24.8 Å². The first-order valence-electron chi connectivity index (χ1n) is 6.60. The molecule has 0 radical (unpaired) electrons. The van der Waals surface area contributed by atoms with E-state index in [0.717, 1.165) is 11.6 Å². The van der Waals surface area contributed by atoms with Gasteiger partial charge in [-0.2, -0.15) is 0 Å². The maximum atomic E-state index is 13.7. The van der Waals surface area contributed by atoms with Crippen molar-refractivity contribution >= 4 is 11.6 Å². The summed E-state index contributed by atoms with van der Waals surface area (Å²) < 4.78 is 26.6. The summed E-state index contributed by atoms with van der Waals surface area (Å²) in [5.41, 5.74) is 7.01. The van der Waals surface area contributed by atoms with Gasteiger partial charge in [0.25, 0.3) is 5.91 Å². The summed E-state index contributed by atoms with van der Waals surface area (Å²) in [6.07, 6.45) is 0. The molecular weight excluding hydrogens is 274 g/mol. The molecule has 21 heavy (non-hydrogen) atoms. The number of nitrogens with two attached hydrogens (primary N) is 1. The fraction of sp³-hybridized carbons (Fsp3) is 0.188. The number of carbonyl (C=O) groups is 1. The fourth-order valence-corrected chi connectivity index (χ4v) is 2.00. The Bertz CT molecular complexity index is 641. The van der Waals surface area contributed by atoms with Crippen LogP contribution in [-0.2, 0) is 6.54 Å². The number of benzene rings is 2. The highest BCUT2D eigenvalue weighted by Gasteiger charge is 2.18. The topological polar surface area (TPSA) is 46.3 Å². The van der Waals surface area contributed by atoms with Crippen LogP contribution in [0.25, 0.3) is 0 Å². The van der Waals surface area contributed by atoms with Crippen molar-refractivity contribution in [2.45, 2.75) is 13.5 Å². The molecule has 0 aliphatic heterocycles. The second kappa shape index (κ2) is 6.35. The van der Waals surface area contributed by atoms with Crippen molar-refractivity contribution in [3.8, 4) is 0 Å². The van der Waals surface area contributed by atoms with E-state index in [1.54, 1.807) is 19.1 Å². The molecule has 1 amide bonds. The van der Waals surface area contributed by atoms with Crippen molar-refractivity contribution in [3.05, 3.63) is 65.2 Å². The predicted octanol–water partition coefficient (Wildman–Crippen LogP) is 3.21. The molecule has 2 aromatic carbocycles. The zero-order chi connectivity index (χ0) is 15.4. The van der Waals surface area contributed by atoms with Gasteiger partial charge in [-0.3, -0.25) is 4.79 Å². The minimum Gasteiger partial charge on any atom is -0.399 e. The molecule has 3 nitrogen and oxygen atoms in total. The maximum absolute atomic E-state index is 13.7. The third kappa shape index (κ3) is 3.56. The number of nitrogens with zero attached hydrogens (tertiary/aromatic N) is 1. The van der Waals surface area contributed by atoms with Crippen molar-refractivity contribution in [3.63, 3.8) is 0 Å². The Kier molecular flexibility index (Phi) is 4.52. The first-order chi connectivity index (χ1) is 10.0. The van der Waals surface area contributed by atoms with E-state index < -0.39 is 17.5 Å². The Hall–Kier alpha value is -2.43. The molecule has 0 aliphatic rings. The van der Waals surface area contributed by atoms with E-state index in [-0.39, 0.29) is 5.56 Å². The molecule has 0 spiro atoms. The summed E-state index contributed by atoms with van der Waals surface area (Å²) in [4.78, 5) is 13.8. The minimum absolute atomic E-state index is 0.131. The lowest BCUT2D eigenvalue weighted by Gasteiger charge is -2.21. The summed E-state index contributed by atoms with van der Waals surface area (Å²) in [6, 6.07) is 10.1. The van der Waals surface area contributed by atoms with Gasteiger partial charge >= 0.3 is 0 Å². The lowest BCUT2D eigenvalue weighted by atomic mass is 10.1. The molecule has 0 fully saturated rings. The average Bonchev–Trinajstić information content (AvgIpc) is 2.46. The number of hydrogen-bond donors (Lipinski definition) is 1.